The number of halogens is 2. The third kappa shape index (κ3) is 3.01. The normalized spacial score (nSPS) is 12.2. The summed E-state index contributed by atoms with van der Waals surface area (Å²) in [6.45, 7) is 1.74. The van der Waals surface area contributed by atoms with Crippen molar-refractivity contribution < 1.29 is 8.91 Å². The molecule has 4 heterocycles. The minimum atomic E-state index is -0.275. The molecule has 1 aliphatic heterocycles. The van der Waals surface area contributed by atoms with Gasteiger partial charge in [-0.25, -0.2) is 14.1 Å². The molecule has 3 aromatic heterocycles. The molecule has 0 unspecified atom stereocenters. The van der Waals surface area contributed by atoms with Gasteiger partial charge in [0.05, 0.1) is 28.5 Å². The molecule has 6 rings (SSSR count). The highest BCUT2D eigenvalue weighted by molar-refractivity contribution is 6.30. The van der Waals surface area contributed by atoms with E-state index >= 15 is 0 Å². The number of imidazole rings is 1. The fraction of sp³-hybridized carbons (Fsp3) is 0.136. The molecular weight excluding hydrogens is 433 g/mol. The minimum absolute atomic E-state index is 0.275. The summed E-state index contributed by atoms with van der Waals surface area (Å²) in [7, 11) is 0. The van der Waals surface area contributed by atoms with E-state index in [9.17, 15) is 4.39 Å². The zero-order chi connectivity index (χ0) is 21.8. The van der Waals surface area contributed by atoms with Crippen LogP contribution in [0.25, 0.3) is 22.9 Å². The number of nitrogens with zero attached hydrogens (tertiary/aromatic N) is 7. The lowest BCUT2D eigenvalue weighted by Gasteiger charge is -2.09. The summed E-state index contributed by atoms with van der Waals surface area (Å²) < 4.78 is 22.3. The highest BCUT2D eigenvalue weighted by atomic mass is 35.5. The average Bonchev–Trinajstić information content (AvgIpc) is 3.48. The number of rotatable bonds is 3. The summed E-state index contributed by atoms with van der Waals surface area (Å²) >= 11 is 6.32. The van der Waals surface area contributed by atoms with Crippen LogP contribution in [0.2, 0.25) is 5.02 Å². The highest BCUT2D eigenvalue weighted by Crippen LogP contribution is 2.34. The van der Waals surface area contributed by atoms with Crippen molar-refractivity contribution in [3.8, 4) is 22.9 Å². The lowest BCUT2D eigenvalue weighted by molar-refractivity contribution is 0.394. The van der Waals surface area contributed by atoms with E-state index in [1.807, 2.05) is 22.8 Å². The van der Waals surface area contributed by atoms with E-state index in [4.69, 9.17) is 16.1 Å². The van der Waals surface area contributed by atoms with Gasteiger partial charge in [-0.1, -0.05) is 34.1 Å². The summed E-state index contributed by atoms with van der Waals surface area (Å²) in [4.78, 5) is 8.93. The Kier molecular flexibility index (Phi) is 4.19. The Morgan fingerprint density at radius 3 is 2.72 bits per heavy atom. The monoisotopic (exact) mass is 447 g/mol. The second kappa shape index (κ2) is 7.10. The maximum Gasteiger partial charge on any atom is 0.223 e. The van der Waals surface area contributed by atoms with Gasteiger partial charge in [-0.05, 0) is 35.9 Å². The Morgan fingerprint density at radius 2 is 1.94 bits per heavy atom. The molecule has 2 aromatic carbocycles. The molecule has 0 aliphatic carbocycles. The molecule has 8 nitrogen and oxygen atoms in total. The van der Waals surface area contributed by atoms with E-state index in [1.165, 1.54) is 12.1 Å². The SMILES string of the molecule is Cc1nc(-c2ncn3c2Cc2c(Cc4ccc(F)cc4)nnn2-c2cc(Cl)ccc2-3)no1. The summed E-state index contributed by atoms with van der Waals surface area (Å²) in [6.07, 6.45) is 2.73. The van der Waals surface area contributed by atoms with E-state index in [-0.39, 0.29) is 5.82 Å². The molecular formula is C22H15ClFN7O. The lowest BCUT2D eigenvalue weighted by Crippen LogP contribution is -2.04. The van der Waals surface area contributed by atoms with Crippen molar-refractivity contribution in [2.75, 3.05) is 0 Å². The first-order chi connectivity index (χ1) is 15.6. The molecule has 0 fully saturated rings. The second-order valence-electron chi connectivity index (χ2n) is 7.55. The Labute approximate surface area is 186 Å². The zero-order valence-electron chi connectivity index (χ0n) is 16.8. The van der Waals surface area contributed by atoms with Crippen LogP contribution in [0.15, 0.2) is 53.3 Å². The fourth-order valence-corrected chi connectivity index (χ4v) is 4.16. The van der Waals surface area contributed by atoms with Gasteiger partial charge in [0.1, 0.15) is 17.8 Å². The summed E-state index contributed by atoms with van der Waals surface area (Å²) in [5, 5.41) is 13.5. The maximum atomic E-state index is 13.4. The predicted octanol–water partition coefficient (Wildman–Crippen LogP) is 4.10. The van der Waals surface area contributed by atoms with Gasteiger partial charge in [0.15, 0.2) is 0 Å². The standard InChI is InChI=1S/C22H15ClFN7O/c1-12-26-22(28-32-12)21-20-10-18-16(8-13-2-5-15(24)6-3-13)27-29-31(18)19-9-14(23)4-7-17(19)30(20)11-25-21/h2-7,9,11H,8,10H2,1H3. The second-order valence-corrected chi connectivity index (χ2v) is 7.99. The van der Waals surface area contributed by atoms with Crippen LogP contribution in [0.5, 0.6) is 0 Å². The van der Waals surface area contributed by atoms with Crippen molar-refractivity contribution in [3.63, 3.8) is 0 Å². The van der Waals surface area contributed by atoms with Crippen LogP contribution < -0.4 is 0 Å². The molecule has 0 amide bonds. The molecule has 0 radical (unpaired) electrons. The van der Waals surface area contributed by atoms with Gasteiger partial charge >= 0.3 is 0 Å². The molecule has 0 N–H and O–H groups in total. The Hall–Kier alpha value is -3.85. The van der Waals surface area contributed by atoms with Crippen LogP contribution >= 0.6 is 11.6 Å². The van der Waals surface area contributed by atoms with Crippen molar-refractivity contribution >= 4 is 11.6 Å². The van der Waals surface area contributed by atoms with Crippen molar-refractivity contribution in [2.24, 2.45) is 0 Å². The largest absolute Gasteiger partial charge is 0.339 e. The van der Waals surface area contributed by atoms with Gasteiger partial charge in [0.25, 0.3) is 0 Å². The zero-order valence-corrected chi connectivity index (χ0v) is 17.6. The first-order valence-corrected chi connectivity index (χ1v) is 10.3. The molecule has 1 aliphatic rings. The number of hydrogen-bond donors (Lipinski definition) is 0. The summed E-state index contributed by atoms with van der Waals surface area (Å²) in [5.41, 5.74) is 5.78. The Bertz CT molecular complexity index is 1470. The van der Waals surface area contributed by atoms with Crippen LogP contribution in [0, 0.1) is 12.7 Å². The summed E-state index contributed by atoms with van der Waals surface area (Å²) in [5.74, 6) is 0.613. The minimum Gasteiger partial charge on any atom is -0.339 e. The predicted molar refractivity (Wildman–Crippen MR) is 114 cm³/mol. The average molecular weight is 448 g/mol. The number of hydrogen-bond acceptors (Lipinski definition) is 6. The third-order valence-electron chi connectivity index (χ3n) is 5.49. The van der Waals surface area contributed by atoms with E-state index in [2.05, 4.69) is 25.4 Å². The molecule has 32 heavy (non-hydrogen) atoms. The van der Waals surface area contributed by atoms with E-state index in [1.54, 1.807) is 30.1 Å². The van der Waals surface area contributed by atoms with Crippen molar-refractivity contribution in [1.82, 2.24) is 34.7 Å². The topological polar surface area (TPSA) is 87.5 Å². The molecule has 0 spiro atoms. The number of fused-ring (bicyclic) bond motifs is 5. The van der Waals surface area contributed by atoms with Gasteiger partial charge in [0, 0.05) is 24.8 Å². The third-order valence-corrected chi connectivity index (χ3v) is 5.73. The summed E-state index contributed by atoms with van der Waals surface area (Å²) in [6, 6.07) is 12.0. The molecule has 0 bridgehead atoms. The highest BCUT2D eigenvalue weighted by Gasteiger charge is 2.28. The smallest absolute Gasteiger partial charge is 0.223 e. The molecule has 0 saturated carbocycles. The molecule has 5 aromatic rings. The van der Waals surface area contributed by atoms with Gasteiger partial charge in [-0.2, -0.15) is 4.98 Å². The van der Waals surface area contributed by atoms with Crippen molar-refractivity contribution in [1.29, 1.82) is 0 Å². The molecule has 0 atom stereocenters. The van der Waals surface area contributed by atoms with Crippen LogP contribution in [0.4, 0.5) is 4.39 Å². The quantitative estimate of drug-likeness (QED) is 0.406. The van der Waals surface area contributed by atoms with Crippen LogP contribution in [0.3, 0.4) is 0 Å². The first kappa shape index (κ1) is 18.9. The number of benzene rings is 2. The first-order valence-electron chi connectivity index (χ1n) is 9.92. The number of aromatic nitrogens is 7. The van der Waals surface area contributed by atoms with Gasteiger partial charge in [0.2, 0.25) is 11.7 Å². The van der Waals surface area contributed by atoms with Crippen molar-refractivity contribution in [2.45, 2.75) is 19.8 Å². The van der Waals surface area contributed by atoms with E-state index in [0.717, 1.165) is 34.0 Å². The van der Waals surface area contributed by atoms with E-state index < -0.39 is 0 Å². The molecule has 0 saturated heterocycles. The van der Waals surface area contributed by atoms with Crippen LogP contribution in [-0.4, -0.2) is 34.7 Å². The number of aryl methyl sites for hydroxylation is 1. The van der Waals surface area contributed by atoms with Gasteiger partial charge in [-0.15, -0.1) is 5.10 Å². The van der Waals surface area contributed by atoms with Gasteiger partial charge < -0.3 is 4.52 Å². The lowest BCUT2D eigenvalue weighted by atomic mass is 10.1. The van der Waals surface area contributed by atoms with Crippen LogP contribution in [0.1, 0.15) is 28.5 Å². The fourth-order valence-electron chi connectivity index (χ4n) is 4.00. The Morgan fingerprint density at radius 1 is 1.09 bits per heavy atom. The van der Waals surface area contributed by atoms with E-state index in [0.29, 0.717) is 35.3 Å². The maximum absolute atomic E-state index is 13.4. The van der Waals surface area contributed by atoms with Crippen LogP contribution in [-0.2, 0) is 12.8 Å². The van der Waals surface area contributed by atoms with Crippen molar-refractivity contribution in [3.05, 3.63) is 88.2 Å². The molecule has 10 heteroatoms. The Balaban J connectivity index is 1.54. The van der Waals surface area contributed by atoms with Gasteiger partial charge in [-0.3, -0.25) is 4.57 Å². The molecule has 158 valence electrons.